The van der Waals surface area contributed by atoms with Crippen LogP contribution in [-0.2, 0) is 6.42 Å². The molecule has 0 bridgehead atoms. The summed E-state index contributed by atoms with van der Waals surface area (Å²) in [6.45, 7) is 1.35. The first-order valence-corrected chi connectivity index (χ1v) is 6.87. The van der Waals surface area contributed by atoms with Gasteiger partial charge in [-0.3, -0.25) is 0 Å². The lowest BCUT2D eigenvalue weighted by atomic mass is 9.98. The summed E-state index contributed by atoms with van der Waals surface area (Å²) in [7, 11) is 0. The molecule has 3 rings (SSSR count). The van der Waals surface area contributed by atoms with E-state index >= 15 is 0 Å². The first-order valence-electron chi connectivity index (χ1n) is 6.87. The Morgan fingerprint density at radius 3 is 2.76 bits per heavy atom. The van der Waals surface area contributed by atoms with Gasteiger partial charge in [0.1, 0.15) is 17.2 Å². The van der Waals surface area contributed by atoms with E-state index in [4.69, 9.17) is 4.74 Å². The normalized spacial score (nSPS) is 23.9. The summed E-state index contributed by atoms with van der Waals surface area (Å²) < 4.78 is 19.1. The van der Waals surface area contributed by atoms with Crippen LogP contribution in [0.3, 0.4) is 0 Å². The summed E-state index contributed by atoms with van der Waals surface area (Å²) in [4.78, 5) is 0. The van der Waals surface area contributed by atoms with Gasteiger partial charge in [-0.25, -0.2) is 4.39 Å². The van der Waals surface area contributed by atoms with E-state index in [-0.39, 0.29) is 5.82 Å². The number of halogens is 1. The molecule has 0 saturated carbocycles. The summed E-state index contributed by atoms with van der Waals surface area (Å²) in [6, 6.07) is 11.8. The Kier molecular flexibility index (Phi) is 3.43. The van der Waals surface area contributed by atoms with Crippen LogP contribution in [0.1, 0.15) is 22.8 Å². The van der Waals surface area contributed by atoms with Gasteiger partial charge >= 0.3 is 0 Å². The molecule has 0 amide bonds. The second-order valence-corrected chi connectivity index (χ2v) is 5.54. The quantitative estimate of drug-likeness (QED) is 0.912. The van der Waals surface area contributed by atoms with Crippen LogP contribution in [0.4, 0.5) is 4.39 Å². The molecule has 0 saturated heterocycles. The third kappa shape index (κ3) is 2.41. The highest BCUT2D eigenvalue weighted by atomic mass is 19.1. The predicted molar refractivity (Wildman–Crippen MR) is 76.7 cm³/mol. The molecule has 1 aliphatic carbocycles. The SMILES string of the molecule is Cc1cc(F)ccc1O[C@H]1c2ccccc2C[C@@]1(O)CO. The van der Waals surface area contributed by atoms with Crippen molar-refractivity contribution in [2.75, 3.05) is 6.61 Å². The Balaban J connectivity index is 1.99. The number of rotatable bonds is 3. The molecule has 2 N–H and O–H groups in total. The molecule has 0 heterocycles. The van der Waals surface area contributed by atoms with Crippen LogP contribution >= 0.6 is 0 Å². The smallest absolute Gasteiger partial charge is 0.155 e. The van der Waals surface area contributed by atoms with E-state index in [1.54, 1.807) is 13.0 Å². The van der Waals surface area contributed by atoms with Crippen LogP contribution in [0.2, 0.25) is 0 Å². The fourth-order valence-corrected chi connectivity index (χ4v) is 2.85. The van der Waals surface area contributed by atoms with Crippen LogP contribution < -0.4 is 4.74 Å². The summed E-state index contributed by atoms with van der Waals surface area (Å²) in [6.07, 6.45) is -0.326. The summed E-state index contributed by atoms with van der Waals surface area (Å²) in [5.41, 5.74) is 1.11. The number of aryl methyl sites for hydroxylation is 1. The molecule has 0 radical (unpaired) electrons. The van der Waals surface area contributed by atoms with Crippen LogP contribution in [-0.4, -0.2) is 22.4 Å². The molecule has 4 heteroatoms. The highest BCUT2D eigenvalue weighted by Crippen LogP contribution is 2.42. The van der Waals surface area contributed by atoms with Gasteiger partial charge in [0.05, 0.1) is 6.61 Å². The van der Waals surface area contributed by atoms with Crippen molar-refractivity contribution in [2.24, 2.45) is 0 Å². The molecule has 0 spiro atoms. The number of fused-ring (bicyclic) bond motifs is 1. The van der Waals surface area contributed by atoms with Gasteiger partial charge in [0, 0.05) is 6.42 Å². The van der Waals surface area contributed by atoms with Gasteiger partial charge < -0.3 is 14.9 Å². The molecule has 1 aliphatic rings. The lowest BCUT2D eigenvalue weighted by Gasteiger charge is -2.29. The minimum Gasteiger partial charge on any atom is -0.482 e. The highest BCUT2D eigenvalue weighted by molar-refractivity contribution is 5.41. The van der Waals surface area contributed by atoms with Crippen molar-refractivity contribution in [3.63, 3.8) is 0 Å². The Labute approximate surface area is 122 Å². The summed E-state index contributed by atoms with van der Waals surface area (Å²) in [5.74, 6) is 0.175. The molecule has 2 atom stereocenters. The van der Waals surface area contributed by atoms with Gasteiger partial charge in [-0.15, -0.1) is 0 Å². The Morgan fingerprint density at radius 1 is 1.29 bits per heavy atom. The van der Waals surface area contributed by atoms with Crippen molar-refractivity contribution < 1.29 is 19.3 Å². The molecule has 2 aromatic carbocycles. The molecule has 2 aromatic rings. The van der Waals surface area contributed by atoms with Crippen molar-refractivity contribution in [3.8, 4) is 5.75 Å². The predicted octanol–water partition coefficient (Wildman–Crippen LogP) is 2.53. The van der Waals surface area contributed by atoms with Crippen molar-refractivity contribution in [1.82, 2.24) is 0 Å². The van der Waals surface area contributed by atoms with Gasteiger partial charge in [0.25, 0.3) is 0 Å². The topological polar surface area (TPSA) is 49.7 Å². The highest BCUT2D eigenvalue weighted by Gasteiger charge is 2.46. The van der Waals surface area contributed by atoms with E-state index in [0.717, 1.165) is 11.1 Å². The molecule has 110 valence electrons. The van der Waals surface area contributed by atoms with Crippen molar-refractivity contribution in [1.29, 1.82) is 0 Å². The zero-order valence-electron chi connectivity index (χ0n) is 11.7. The number of hydrogen-bond acceptors (Lipinski definition) is 3. The standard InChI is InChI=1S/C17H17FO3/c1-11-8-13(18)6-7-15(11)21-16-14-5-3-2-4-12(14)9-17(16,20)10-19/h2-8,16,19-20H,9-10H2,1H3/t16-,17+/m0/s1. The average molecular weight is 288 g/mol. The monoisotopic (exact) mass is 288 g/mol. The fourth-order valence-electron chi connectivity index (χ4n) is 2.85. The molecular weight excluding hydrogens is 271 g/mol. The van der Waals surface area contributed by atoms with Gasteiger partial charge in [0.2, 0.25) is 0 Å². The first kappa shape index (κ1) is 14.0. The molecular formula is C17H17FO3. The number of benzene rings is 2. The zero-order chi connectivity index (χ0) is 15.0. The van der Waals surface area contributed by atoms with Gasteiger partial charge in [-0.2, -0.15) is 0 Å². The maximum atomic E-state index is 13.2. The lowest BCUT2D eigenvalue weighted by molar-refractivity contribution is -0.0849. The van der Waals surface area contributed by atoms with E-state index < -0.39 is 18.3 Å². The minimum atomic E-state index is -1.36. The van der Waals surface area contributed by atoms with Gasteiger partial charge in [0.15, 0.2) is 6.10 Å². The zero-order valence-corrected chi connectivity index (χ0v) is 11.7. The second kappa shape index (κ2) is 5.13. The largest absolute Gasteiger partial charge is 0.482 e. The fraction of sp³-hybridized carbons (Fsp3) is 0.294. The maximum absolute atomic E-state index is 13.2. The first-order chi connectivity index (χ1) is 10.0. The number of ether oxygens (including phenoxy) is 1. The molecule has 0 aromatic heterocycles. The number of aliphatic hydroxyl groups excluding tert-OH is 1. The Bertz CT molecular complexity index is 671. The van der Waals surface area contributed by atoms with Crippen LogP contribution in [0.5, 0.6) is 5.75 Å². The summed E-state index contributed by atoms with van der Waals surface area (Å²) in [5, 5.41) is 20.2. The van der Waals surface area contributed by atoms with Crippen molar-refractivity contribution in [2.45, 2.75) is 25.0 Å². The van der Waals surface area contributed by atoms with Crippen molar-refractivity contribution >= 4 is 0 Å². The lowest BCUT2D eigenvalue weighted by Crippen LogP contribution is -2.40. The molecule has 0 unspecified atom stereocenters. The Morgan fingerprint density at radius 2 is 2.05 bits per heavy atom. The van der Waals surface area contributed by atoms with E-state index in [1.807, 2.05) is 24.3 Å². The number of aliphatic hydroxyl groups is 2. The third-order valence-electron chi connectivity index (χ3n) is 3.98. The van der Waals surface area contributed by atoms with Crippen LogP contribution in [0.15, 0.2) is 42.5 Å². The maximum Gasteiger partial charge on any atom is 0.155 e. The van der Waals surface area contributed by atoms with E-state index in [1.165, 1.54) is 12.1 Å². The van der Waals surface area contributed by atoms with Crippen LogP contribution in [0.25, 0.3) is 0 Å². The van der Waals surface area contributed by atoms with Gasteiger partial charge in [-0.05, 0) is 41.8 Å². The van der Waals surface area contributed by atoms with Gasteiger partial charge in [-0.1, -0.05) is 24.3 Å². The van der Waals surface area contributed by atoms with E-state index in [0.29, 0.717) is 17.7 Å². The van der Waals surface area contributed by atoms with E-state index in [9.17, 15) is 14.6 Å². The van der Waals surface area contributed by atoms with Crippen LogP contribution in [0, 0.1) is 12.7 Å². The average Bonchev–Trinajstić information content (AvgIpc) is 2.75. The molecule has 0 aliphatic heterocycles. The molecule has 0 fully saturated rings. The molecule has 3 nitrogen and oxygen atoms in total. The summed E-state index contributed by atoms with van der Waals surface area (Å²) >= 11 is 0. The number of hydrogen-bond donors (Lipinski definition) is 2. The Hall–Kier alpha value is -1.91. The van der Waals surface area contributed by atoms with E-state index in [2.05, 4.69) is 0 Å². The minimum absolute atomic E-state index is 0.330. The third-order valence-corrected chi connectivity index (χ3v) is 3.98. The van der Waals surface area contributed by atoms with Crippen molar-refractivity contribution in [3.05, 3.63) is 65.0 Å². The molecule has 21 heavy (non-hydrogen) atoms. The second-order valence-electron chi connectivity index (χ2n) is 5.54.